The molecule has 3 rings (SSSR count). The second-order valence-electron chi connectivity index (χ2n) is 11.0. The fourth-order valence-corrected chi connectivity index (χ4v) is 4.25. The molecule has 0 unspecified atom stereocenters. The van der Waals surface area contributed by atoms with Gasteiger partial charge in [0.1, 0.15) is 5.75 Å². The lowest BCUT2D eigenvalue weighted by atomic mass is 10.1. The Kier molecular flexibility index (Phi) is 12.4. The van der Waals surface area contributed by atoms with Crippen molar-refractivity contribution in [3.63, 3.8) is 0 Å². The quantitative estimate of drug-likeness (QED) is 0.245. The summed E-state index contributed by atoms with van der Waals surface area (Å²) < 4.78 is 7.49. The SMILES string of the molecule is COc1ccc(Nc2nc3ccc(C(=O)N(CCC(C)C)CCC(C)C)cc3n2CCCN(C)C)cc1.Cl. The van der Waals surface area contributed by atoms with Crippen LogP contribution in [0.15, 0.2) is 42.5 Å². The Hall–Kier alpha value is -2.77. The highest BCUT2D eigenvalue weighted by molar-refractivity contribution is 5.98. The van der Waals surface area contributed by atoms with Crippen molar-refractivity contribution in [1.82, 2.24) is 19.4 Å². The number of carbonyl (C=O) groups excluding carboxylic acids is 1. The molecule has 0 radical (unpaired) electrons. The number of benzene rings is 2. The van der Waals surface area contributed by atoms with Gasteiger partial charge in [-0.1, -0.05) is 27.7 Å². The van der Waals surface area contributed by atoms with E-state index >= 15 is 0 Å². The third-order valence-corrected chi connectivity index (χ3v) is 6.57. The Morgan fingerprint density at radius 2 is 1.61 bits per heavy atom. The van der Waals surface area contributed by atoms with Crippen LogP contribution in [-0.2, 0) is 6.54 Å². The number of rotatable bonds is 14. The molecule has 0 aliphatic rings. The molecule has 0 atom stereocenters. The summed E-state index contributed by atoms with van der Waals surface area (Å²) in [6.45, 7) is 12.2. The van der Waals surface area contributed by atoms with Crippen LogP contribution in [0.5, 0.6) is 5.75 Å². The fourth-order valence-electron chi connectivity index (χ4n) is 4.25. The van der Waals surface area contributed by atoms with Crippen molar-refractivity contribution in [1.29, 1.82) is 0 Å². The van der Waals surface area contributed by atoms with Crippen molar-refractivity contribution in [2.45, 2.75) is 53.5 Å². The minimum absolute atomic E-state index is 0. The summed E-state index contributed by atoms with van der Waals surface area (Å²) in [7, 11) is 5.84. The molecule has 0 saturated heterocycles. The number of carbonyl (C=O) groups is 1. The summed E-state index contributed by atoms with van der Waals surface area (Å²) in [5, 5.41) is 3.48. The monoisotopic (exact) mass is 543 g/mol. The van der Waals surface area contributed by atoms with Crippen LogP contribution < -0.4 is 10.1 Å². The third kappa shape index (κ3) is 8.91. The maximum atomic E-state index is 13.6. The van der Waals surface area contributed by atoms with Crippen molar-refractivity contribution in [3.8, 4) is 5.75 Å². The maximum Gasteiger partial charge on any atom is 0.253 e. The highest BCUT2D eigenvalue weighted by atomic mass is 35.5. The largest absolute Gasteiger partial charge is 0.497 e. The molecular formula is C30H46ClN5O2. The van der Waals surface area contributed by atoms with E-state index in [0.29, 0.717) is 11.8 Å². The molecule has 0 spiro atoms. The first-order valence-corrected chi connectivity index (χ1v) is 13.5. The van der Waals surface area contributed by atoms with Gasteiger partial charge in [-0.2, -0.15) is 0 Å². The van der Waals surface area contributed by atoms with E-state index in [1.54, 1.807) is 7.11 Å². The Bertz CT molecular complexity index is 1130. The van der Waals surface area contributed by atoms with Gasteiger partial charge in [-0.05, 0) is 94.2 Å². The highest BCUT2D eigenvalue weighted by Crippen LogP contribution is 2.26. The van der Waals surface area contributed by atoms with Crippen molar-refractivity contribution in [2.75, 3.05) is 46.2 Å². The Balaban J connectivity index is 0.00000507. The Morgan fingerprint density at radius 1 is 0.974 bits per heavy atom. The fraction of sp³-hybridized carbons (Fsp3) is 0.533. The number of aromatic nitrogens is 2. The highest BCUT2D eigenvalue weighted by Gasteiger charge is 2.19. The second kappa shape index (κ2) is 15.0. The average Bonchev–Trinajstić information content (AvgIpc) is 3.19. The molecule has 1 heterocycles. The minimum Gasteiger partial charge on any atom is -0.497 e. The summed E-state index contributed by atoms with van der Waals surface area (Å²) in [4.78, 5) is 22.8. The summed E-state index contributed by atoms with van der Waals surface area (Å²) >= 11 is 0. The first kappa shape index (κ1) is 31.4. The number of aryl methyl sites for hydroxylation is 1. The maximum absolute atomic E-state index is 13.6. The number of nitrogens with one attached hydrogen (secondary N) is 1. The van der Waals surface area contributed by atoms with Crippen LogP contribution in [-0.4, -0.2) is 66.1 Å². The number of hydrogen-bond donors (Lipinski definition) is 1. The number of fused-ring (bicyclic) bond motifs is 1. The van der Waals surface area contributed by atoms with Crippen LogP contribution in [0.4, 0.5) is 11.6 Å². The smallest absolute Gasteiger partial charge is 0.253 e. The van der Waals surface area contributed by atoms with Crippen LogP contribution in [0, 0.1) is 11.8 Å². The molecule has 2 aromatic carbocycles. The van der Waals surface area contributed by atoms with Crippen LogP contribution in [0.2, 0.25) is 0 Å². The van der Waals surface area contributed by atoms with E-state index in [-0.39, 0.29) is 18.3 Å². The molecule has 1 aromatic heterocycles. The molecule has 0 aliphatic heterocycles. The van der Waals surface area contributed by atoms with Gasteiger partial charge in [0.25, 0.3) is 5.91 Å². The molecule has 7 nitrogen and oxygen atoms in total. The van der Waals surface area contributed by atoms with Crippen LogP contribution in [0.25, 0.3) is 11.0 Å². The van der Waals surface area contributed by atoms with Crippen molar-refractivity contribution < 1.29 is 9.53 Å². The number of nitrogens with zero attached hydrogens (tertiary/aromatic N) is 4. The molecule has 38 heavy (non-hydrogen) atoms. The molecule has 0 saturated carbocycles. The second-order valence-corrected chi connectivity index (χ2v) is 11.0. The van der Waals surface area contributed by atoms with Crippen molar-refractivity contribution in [3.05, 3.63) is 48.0 Å². The zero-order valence-corrected chi connectivity index (χ0v) is 25.0. The van der Waals surface area contributed by atoms with E-state index in [2.05, 4.69) is 56.6 Å². The van der Waals surface area contributed by atoms with Gasteiger partial charge >= 0.3 is 0 Å². The molecule has 0 bridgehead atoms. The van der Waals surface area contributed by atoms with E-state index in [1.807, 2.05) is 47.4 Å². The van der Waals surface area contributed by atoms with E-state index in [1.165, 1.54) is 0 Å². The van der Waals surface area contributed by atoms with E-state index in [0.717, 1.165) is 79.4 Å². The minimum atomic E-state index is 0. The molecule has 0 fully saturated rings. The van der Waals surface area contributed by atoms with Gasteiger partial charge < -0.3 is 24.4 Å². The molecule has 3 aromatic rings. The van der Waals surface area contributed by atoms with E-state index in [4.69, 9.17) is 9.72 Å². The number of imidazole rings is 1. The number of amides is 1. The number of hydrogen-bond acceptors (Lipinski definition) is 5. The van der Waals surface area contributed by atoms with E-state index in [9.17, 15) is 4.79 Å². The van der Waals surface area contributed by atoms with Crippen molar-refractivity contribution >= 4 is 41.0 Å². The predicted molar refractivity (Wildman–Crippen MR) is 161 cm³/mol. The first-order chi connectivity index (χ1) is 17.7. The molecule has 0 aliphatic carbocycles. The first-order valence-electron chi connectivity index (χ1n) is 13.5. The van der Waals surface area contributed by atoms with Gasteiger partial charge in [-0.3, -0.25) is 4.79 Å². The zero-order chi connectivity index (χ0) is 26.9. The van der Waals surface area contributed by atoms with Gasteiger partial charge in [0.15, 0.2) is 0 Å². The van der Waals surface area contributed by atoms with E-state index < -0.39 is 0 Å². The lowest BCUT2D eigenvalue weighted by molar-refractivity contribution is 0.0741. The normalized spacial score (nSPS) is 11.3. The van der Waals surface area contributed by atoms with Crippen LogP contribution in [0.1, 0.15) is 57.3 Å². The van der Waals surface area contributed by atoms with Crippen molar-refractivity contribution in [2.24, 2.45) is 11.8 Å². The van der Waals surface area contributed by atoms with Gasteiger partial charge in [-0.25, -0.2) is 4.98 Å². The third-order valence-electron chi connectivity index (χ3n) is 6.57. The van der Waals surface area contributed by atoms with Gasteiger partial charge in [0, 0.05) is 30.9 Å². The summed E-state index contributed by atoms with van der Waals surface area (Å²) in [6.07, 6.45) is 2.98. The van der Waals surface area contributed by atoms with Crippen LogP contribution >= 0.6 is 12.4 Å². The van der Waals surface area contributed by atoms with Crippen LogP contribution in [0.3, 0.4) is 0 Å². The topological polar surface area (TPSA) is 62.6 Å². The number of ether oxygens (including phenoxy) is 1. The molecular weight excluding hydrogens is 498 g/mol. The average molecular weight is 544 g/mol. The summed E-state index contributed by atoms with van der Waals surface area (Å²) in [6, 6.07) is 13.8. The summed E-state index contributed by atoms with van der Waals surface area (Å²) in [5.74, 6) is 2.81. The molecule has 210 valence electrons. The zero-order valence-electron chi connectivity index (χ0n) is 24.2. The summed E-state index contributed by atoms with van der Waals surface area (Å²) in [5.41, 5.74) is 3.53. The Labute approximate surface area is 235 Å². The molecule has 1 N–H and O–H groups in total. The lowest BCUT2D eigenvalue weighted by Crippen LogP contribution is -2.34. The number of methoxy groups -OCH3 is 1. The number of halogens is 1. The number of anilines is 2. The molecule has 1 amide bonds. The Morgan fingerprint density at radius 3 is 2.16 bits per heavy atom. The van der Waals surface area contributed by atoms with Gasteiger partial charge in [0.05, 0.1) is 18.1 Å². The lowest BCUT2D eigenvalue weighted by Gasteiger charge is -2.24. The molecule has 8 heteroatoms. The van der Waals surface area contributed by atoms with Gasteiger partial charge in [0.2, 0.25) is 5.95 Å². The predicted octanol–water partition coefficient (Wildman–Crippen LogP) is 6.70. The standard InChI is InChI=1S/C30H45N5O2.ClH/c1-22(2)15-19-34(20-16-23(3)4)29(36)24-9-14-27-28(21-24)35(18-8-17-33(5)6)30(32-27)31-25-10-12-26(37-7)13-11-25;/h9-14,21-23H,8,15-20H2,1-7H3,(H,31,32);1H. The van der Waals surface area contributed by atoms with Gasteiger partial charge in [-0.15, -0.1) is 12.4 Å².